The van der Waals surface area contributed by atoms with Gasteiger partial charge in [-0.2, -0.15) is 0 Å². The third-order valence-electron chi connectivity index (χ3n) is 3.55. The molecule has 0 aromatic heterocycles. The van der Waals surface area contributed by atoms with Gasteiger partial charge in [-0.05, 0) is 24.3 Å². The second-order valence-electron chi connectivity index (χ2n) is 4.93. The first-order valence-electron chi connectivity index (χ1n) is 7.19. The molecule has 24 heavy (non-hydrogen) atoms. The molecule has 1 heterocycles. The number of thiocarbonyl (C=S) groups is 1. The van der Waals surface area contributed by atoms with Crippen molar-refractivity contribution in [3.8, 4) is 11.5 Å². The summed E-state index contributed by atoms with van der Waals surface area (Å²) in [5.41, 5.74) is 1.48. The van der Waals surface area contributed by atoms with Crippen molar-refractivity contribution < 1.29 is 14.3 Å². The Hall–Kier alpha value is -2.31. The molecule has 0 aliphatic carbocycles. The fourth-order valence-electron chi connectivity index (χ4n) is 2.42. The second kappa shape index (κ2) is 7.07. The molecule has 0 saturated carbocycles. The number of ether oxygens (including phenoxy) is 2. The Morgan fingerprint density at radius 3 is 2.33 bits per heavy atom. The summed E-state index contributed by atoms with van der Waals surface area (Å²) >= 11 is 6.67. The van der Waals surface area contributed by atoms with Gasteiger partial charge in [0.2, 0.25) is 0 Å². The van der Waals surface area contributed by atoms with E-state index in [-0.39, 0.29) is 5.91 Å². The molecule has 2 aromatic rings. The van der Waals surface area contributed by atoms with Crippen LogP contribution in [0.3, 0.4) is 0 Å². The molecule has 6 heteroatoms. The van der Waals surface area contributed by atoms with Gasteiger partial charge in [0.25, 0.3) is 5.91 Å². The monoisotopic (exact) mass is 357 g/mol. The Labute approximate surface area is 150 Å². The summed E-state index contributed by atoms with van der Waals surface area (Å²) in [6, 6.07) is 14.9. The van der Waals surface area contributed by atoms with Gasteiger partial charge in [0.05, 0.1) is 24.8 Å². The Morgan fingerprint density at radius 1 is 1.00 bits per heavy atom. The molecule has 1 aliphatic heterocycles. The minimum absolute atomic E-state index is 0.166. The predicted molar refractivity (Wildman–Crippen MR) is 102 cm³/mol. The molecule has 1 fully saturated rings. The summed E-state index contributed by atoms with van der Waals surface area (Å²) in [7, 11) is 3.17. The molecule has 3 rings (SSSR count). The molecule has 1 aliphatic rings. The van der Waals surface area contributed by atoms with Gasteiger partial charge in [-0.15, -0.1) is 0 Å². The quantitative estimate of drug-likeness (QED) is 0.608. The Bertz CT molecular complexity index is 833. The minimum Gasteiger partial charge on any atom is -0.496 e. The van der Waals surface area contributed by atoms with Crippen molar-refractivity contribution in [1.82, 2.24) is 0 Å². The molecule has 1 amide bonds. The second-order valence-corrected chi connectivity index (χ2v) is 6.61. The molecule has 0 radical (unpaired) electrons. The summed E-state index contributed by atoms with van der Waals surface area (Å²) in [6.45, 7) is 0. The van der Waals surface area contributed by atoms with Gasteiger partial charge in [0, 0.05) is 5.56 Å². The first kappa shape index (κ1) is 16.5. The zero-order valence-electron chi connectivity index (χ0n) is 13.2. The molecule has 0 unspecified atom stereocenters. The Morgan fingerprint density at radius 2 is 1.62 bits per heavy atom. The van der Waals surface area contributed by atoms with Gasteiger partial charge in [-0.3, -0.25) is 9.69 Å². The average molecular weight is 357 g/mol. The van der Waals surface area contributed by atoms with Crippen molar-refractivity contribution in [2.75, 3.05) is 19.1 Å². The lowest BCUT2D eigenvalue weighted by Crippen LogP contribution is -2.27. The van der Waals surface area contributed by atoms with Crippen molar-refractivity contribution in [3.05, 3.63) is 59.0 Å². The summed E-state index contributed by atoms with van der Waals surface area (Å²) in [5, 5.41) is 0. The number of hydrogen-bond donors (Lipinski definition) is 0. The van der Waals surface area contributed by atoms with Gasteiger partial charge < -0.3 is 9.47 Å². The van der Waals surface area contributed by atoms with Gasteiger partial charge in [0.1, 0.15) is 11.5 Å². The lowest BCUT2D eigenvalue weighted by molar-refractivity contribution is -0.113. The summed E-state index contributed by atoms with van der Waals surface area (Å²) in [6.07, 6.45) is 1.80. The van der Waals surface area contributed by atoms with Crippen molar-refractivity contribution >= 4 is 46.0 Å². The normalized spacial score (nSPS) is 15.9. The van der Waals surface area contributed by atoms with E-state index in [0.717, 1.165) is 5.56 Å². The smallest absolute Gasteiger partial charge is 0.270 e. The van der Waals surface area contributed by atoms with E-state index >= 15 is 0 Å². The van der Waals surface area contributed by atoms with Crippen LogP contribution in [0.2, 0.25) is 0 Å². The van der Waals surface area contributed by atoms with Gasteiger partial charge in [0.15, 0.2) is 4.32 Å². The molecule has 122 valence electrons. The third kappa shape index (κ3) is 3.02. The summed E-state index contributed by atoms with van der Waals surface area (Å²) < 4.78 is 11.2. The fraction of sp³-hybridized carbons (Fsp3) is 0.111. The van der Waals surface area contributed by atoms with Crippen molar-refractivity contribution in [2.24, 2.45) is 0 Å². The number of nitrogens with zero attached hydrogens (tertiary/aromatic N) is 1. The van der Waals surface area contributed by atoms with E-state index in [9.17, 15) is 4.79 Å². The molecule has 0 atom stereocenters. The molecule has 4 nitrogen and oxygen atoms in total. The van der Waals surface area contributed by atoms with Crippen LogP contribution in [0.4, 0.5) is 5.69 Å². The van der Waals surface area contributed by atoms with E-state index in [1.165, 1.54) is 16.7 Å². The standard InChI is InChI=1S/C18H15NO3S2/c1-21-14-9-5-3-7-12(14)11-16-17(20)19(18(23)24-16)13-8-4-6-10-15(13)22-2/h3-11H,1-2H3. The van der Waals surface area contributed by atoms with Gasteiger partial charge in [-0.25, -0.2) is 0 Å². The van der Waals surface area contributed by atoms with E-state index in [0.29, 0.717) is 26.4 Å². The molecule has 0 bridgehead atoms. The van der Waals surface area contributed by atoms with Crippen LogP contribution >= 0.6 is 24.0 Å². The number of anilines is 1. The number of carbonyl (C=O) groups is 1. The minimum atomic E-state index is -0.166. The maximum Gasteiger partial charge on any atom is 0.270 e. The van der Waals surface area contributed by atoms with Gasteiger partial charge in [-0.1, -0.05) is 54.3 Å². The SMILES string of the molecule is COc1ccccc1C=C1SC(=S)N(c2ccccc2OC)C1=O. The predicted octanol–water partition coefficient (Wildman–Crippen LogP) is 4.11. The zero-order chi connectivity index (χ0) is 17.1. The van der Waals surface area contributed by atoms with Crippen LogP contribution in [0.5, 0.6) is 11.5 Å². The number of rotatable bonds is 4. The number of methoxy groups -OCH3 is 2. The number of para-hydroxylation sites is 3. The first-order valence-corrected chi connectivity index (χ1v) is 8.42. The Kier molecular flexibility index (Phi) is 4.87. The van der Waals surface area contributed by atoms with E-state index in [4.69, 9.17) is 21.7 Å². The Balaban J connectivity index is 1.99. The molecule has 0 spiro atoms. The highest BCUT2D eigenvalue weighted by atomic mass is 32.2. The first-order chi connectivity index (χ1) is 11.7. The average Bonchev–Trinajstić information content (AvgIpc) is 2.89. The summed E-state index contributed by atoms with van der Waals surface area (Å²) in [4.78, 5) is 14.9. The van der Waals surface area contributed by atoms with Crippen molar-refractivity contribution in [1.29, 1.82) is 0 Å². The highest BCUT2D eigenvalue weighted by Gasteiger charge is 2.34. The van der Waals surface area contributed by atoms with Crippen molar-refractivity contribution in [3.63, 3.8) is 0 Å². The molecule has 0 N–H and O–H groups in total. The zero-order valence-corrected chi connectivity index (χ0v) is 14.8. The van der Waals surface area contributed by atoms with E-state index in [1.54, 1.807) is 26.4 Å². The highest BCUT2D eigenvalue weighted by Crippen LogP contribution is 2.40. The number of hydrogen-bond acceptors (Lipinski definition) is 5. The molecular formula is C18H15NO3S2. The van der Waals surface area contributed by atoms with E-state index in [1.807, 2.05) is 42.5 Å². The lowest BCUT2D eigenvalue weighted by atomic mass is 10.2. The van der Waals surface area contributed by atoms with E-state index in [2.05, 4.69) is 0 Å². The maximum atomic E-state index is 12.8. The largest absolute Gasteiger partial charge is 0.496 e. The maximum absolute atomic E-state index is 12.8. The summed E-state index contributed by atoms with van der Waals surface area (Å²) in [5.74, 6) is 1.15. The number of thioether (sulfide) groups is 1. The highest BCUT2D eigenvalue weighted by molar-refractivity contribution is 8.27. The lowest BCUT2D eigenvalue weighted by Gasteiger charge is -2.17. The van der Waals surface area contributed by atoms with Crippen LogP contribution < -0.4 is 14.4 Å². The van der Waals surface area contributed by atoms with Crippen LogP contribution in [0, 0.1) is 0 Å². The van der Waals surface area contributed by atoms with Gasteiger partial charge >= 0.3 is 0 Å². The van der Waals surface area contributed by atoms with Crippen LogP contribution in [-0.2, 0) is 4.79 Å². The molecular weight excluding hydrogens is 342 g/mol. The van der Waals surface area contributed by atoms with Crippen LogP contribution in [-0.4, -0.2) is 24.4 Å². The van der Waals surface area contributed by atoms with Crippen LogP contribution in [0.25, 0.3) is 6.08 Å². The number of amides is 1. The number of benzene rings is 2. The third-order valence-corrected chi connectivity index (χ3v) is 4.85. The van der Waals surface area contributed by atoms with Crippen LogP contribution in [0.15, 0.2) is 53.4 Å². The topological polar surface area (TPSA) is 38.8 Å². The van der Waals surface area contributed by atoms with Crippen LogP contribution in [0.1, 0.15) is 5.56 Å². The number of carbonyl (C=O) groups excluding carboxylic acids is 1. The molecule has 1 saturated heterocycles. The van der Waals surface area contributed by atoms with E-state index < -0.39 is 0 Å². The fourth-order valence-corrected chi connectivity index (χ4v) is 3.69. The molecule has 2 aromatic carbocycles. The van der Waals surface area contributed by atoms with Crippen molar-refractivity contribution in [2.45, 2.75) is 0 Å².